The van der Waals surface area contributed by atoms with Crippen molar-refractivity contribution < 1.29 is 9.47 Å². The molecule has 1 saturated heterocycles. The van der Waals surface area contributed by atoms with Gasteiger partial charge < -0.3 is 15.2 Å². The van der Waals surface area contributed by atoms with Crippen molar-refractivity contribution in [2.75, 3.05) is 5.73 Å². The second-order valence-corrected chi connectivity index (χ2v) is 4.77. The van der Waals surface area contributed by atoms with E-state index in [-0.39, 0.29) is 18.5 Å². The number of hydrogen-bond acceptors (Lipinski definition) is 3. The van der Waals surface area contributed by atoms with Crippen LogP contribution in [-0.2, 0) is 9.47 Å². The summed E-state index contributed by atoms with van der Waals surface area (Å²) in [7, 11) is 0. The topological polar surface area (TPSA) is 44.5 Å². The second-order valence-electron chi connectivity index (χ2n) is 4.77. The van der Waals surface area contributed by atoms with Gasteiger partial charge in [-0.05, 0) is 13.0 Å². The molecule has 1 aliphatic rings. The Morgan fingerprint density at radius 1 is 0.895 bits per heavy atom. The van der Waals surface area contributed by atoms with Gasteiger partial charge in [0.2, 0.25) is 0 Å². The fourth-order valence-corrected chi connectivity index (χ4v) is 2.41. The molecule has 3 heteroatoms. The van der Waals surface area contributed by atoms with E-state index in [2.05, 4.69) is 0 Å². The number of hydrogen-bond donors (Lipinski definition) is 1. The molecule has 0 radical (unpaired) electrons. The Balaban J connectivity index is 1.85. The maximum Gasteiger partial charge on any atom is 0.185 e. The van der Waals surface area contributed by atoms with Crippen LogP contribution in [0.5, 0.6) is 0 Å². The zero-order valence-electron chi connectivity index (χ0n) is 10.8. The molecular weight excluding hydrogens is 238 g/mol. The van der Waals surface area contributed by atoms with Gasteiger partial charge in [-0.3, -0.25) is 0 Å². The minimum atomic E-state index is -0.319. The molecule has 2 aromatic rings. The van der Waals surface area contributed by atoms with Crippen LogP contribution in [0.3, 0.4) is 0 Å². The summed E-state index contributed by atoms with van der Waals surface area (Å²) >= 11 is 0. The van der Waals surface area contributed by atoms with Crippen LogP contribution in [0.15, 0.2) is 54.6 Å². The molecule has 2 N–H and O–H groups in total. The standard InChI is InChI=1S/C16H17NO2/c1-11-15(13-9-5-6-10-14(13)17)19-16(18-11)12-7-3-2-4-8-12/h2-11,15-16H,17H2,1H3/t11-,15+,16?/m0/s1. The zero-order chi connectivity index (χ0) is 13.2. The highest BCUT2D eigenvalue weighted by Gasteiger charge is 2.35. The van der Waals surface area contributed by atoms with Crippen LogP contribution in [-0.4, -0.2) is 6.10 Å². The van der Waals surface area contributed by atoms with Crippen LogP contribution >= 0.6 is 0 Å². The Morgan fingerprint density at radius 2 is 1.58 bits per heavy atom. The third-order valence-electron chi connectivity index (χ3n) is 3.41. The molecular formula is C16H17NO2. The summed E-state index contributed by atoms with van der Waals surface area (Å²) in [6, 6.07) is 17.7. The Bertz CT molecular complexity index is 556. The van der Waals surface area contributed by atoms with Gasteiger partial charge in [0.1, 0.15) is 6.10 Å². The predicted octanol–water partition coefficient (Wildman–Crippen LogP) is 3.44. The normalized spacial score (nSPS) is 26.5. The highest BCUT2D eigenvalue weighted by Crippen LogP contribution is 2.41. The first-order valence-electron chi connectivity index (χ1n) is 6.46. The molecule has 98 valence electrons. The Kier molecular flexibility index (Phi) is 3.23. The van der Waals surface area contributed by atoms with Crippen LogP contribution in [0, 0.1) is 0 Å². The van der Waals surface area contributed by atoms with Crippen LogP contribution < -0.4 is 5.73 Å². The SMILES string of the molecule is C[C@@H]1OC(c2ccccc2)O[C@H]1c1ccccc1N. The van der Waals surface area contributed by atoms with E-state index in [0.717, 1.165) is 16.8 Å². The van der Waals surface area contributed by atoms with Crippen molar-refractivity contribution in [3.63, 3.8) is 0 Å². The van der Waals surface area contributed by atoms with Crippen molar-refractivity contribution in [1.82, 2.24) is 0 Å². The first-order chi connectivity index (χ1) is 9.25. The second kappa shape index (κ2) is 5.03. The maximum absolute atomic E-state index is 6.02. The molecule has 0 spiro atoms. The van der Waals surface area contributed by atoms with Gasteiger partial charge in [0, 0.05) is 16.8 Å². The van der Waals surface area contributed by atoms with Crippen molar-refractivity contribution >= 4 is 5.69 Å². The Hall–Kier alpha value is -1.84. The maximum atomic E-state index is 6.02. The van der Waals surface area contributed by atoms with Gasteiger partial charge in [0.15, 0.2) is 6.29 Å². The fraction of sp³-hybridized carbons (Fsp3) is 0.250. The lowest BCUT2D eigenvalue weighted by Gasteiger charge is -2.15. The zero-order valence-corrected chi connectivity index (χ0v) is 10.8. The Labute approximate surface area is 113 Å². The fourth-order valence-electron chi connectivity index (χ4n) is 2.41. The number of anilines is 1. The van der Waals surface area contributed by atoms with E-state index in [4.69, 9.17) is 15.2 Å². The van der Waals surface area contributed by atoms with Gasteiger partial charge in [0.05, 0.1) is 6.10 Å². The van der Waals surface area contributed by atoms with Gasteiger partial charge in [-0.1, -0.05) is 48.5 Å². The molecule has 0 amide bonds. The van der Waals surface area contributed by atoms with E-state index >= 15 is 0 Å². The minimum Gasteiger partial charge on any atom is -0.398 e. The summed E-state index contributed by atoms with van der Waals surface area (Å²) in [4.78, 5) is 0. The number of nitrogen functional groups attached to an aromatic ring is 1. The molecule has 0 bridgehead atoms. The highest BCUT2D eigenvalue weighted by atomic mass is 16.7. The van der Waals surface area contributed by atoms with Gasteiger partial charge >= 0.3 is 0 Å². The molecule has 1 aliphatic heterocycles. The van der Waals surface area contributed by atoms with Crippen molar-refractivity contribution in [2.24, 2.45) is 0 Å². The van der Waals surface area contributed by atoms with Crippen molar-refractivity contribution in [2.45, 2.75) is 25.4 Å². The molecule has 3 rings (SSSR count). The monoisotopic (exact) mass is 255 g/mol. The largest absolute Gasteiger partial charge is 0.398 e. The molecule has 2 aromatic carbocycles. The van der Waals surface area contributed by atoms with E-state index in [0.29, 0.717) is 0 Å². The average molecular weight is 255 g/mol. The van der Waals surface area contributed by atoms with E-state index in [9.17, 15) is 0 Å². The van der Waals surface area contributed by atoms with Crippen molar-refractivity contribution in [3.8, 4) is 0 Å². The molecule has 3 nitrogen and oxygen atoms in total. The van der Waals surface area contributed by atoms with Crippen molar-refractivity contribution in [1.29, 1.82) is 0 Å². The third kappa shape index (κ3) is 2.35. The molecule has 0 aliphatic carbocycles. The van der Waals surface area contributed by atoms with Gasteiger partial charge in [-0.15, -0.1) is 0 Å². The first-order valence-corrected chi connectivity index (χ1v) is 6.46. The highest BCUT2D eigenvalue weighted by molar-refractivity contribution is 5.48. The van der Waals surface area contributed by atoms with E-state index in [1.54, 1.807) is 0 Å². The number of benzene rings is 2. The van der Waals surface area contributed by atoms with Crippen LogP contribution in [0.1, 0.15) is 30.4 Å². The lowest BCUT2D eigenvalue weighted by atomic mass is 10.0. The summed E-state index contributed by atoms with van der Waals surface area (Å²) in [5.41, 5.74) is 8.79. The number of ether oxygens (including phenoxy) is 2. The van der Waals surface area contributed by atoms with Crippen molar-refractivity contribution in [3.05, 3.63) is 65.7 Å². The molecule has 0 saturated carbocycles. The predicted molar refractivity (Wildman–Crippen MR) is 74.4 cm³/mol. The van der Waals surface area contributed by atoms with E-state index in [1.165, 1.54) is 0 Å². The Morgan fingerprint density at radius 3 is 2.32 bits per heavy atom. The lowest BCUT2D eigenvalue weighted by molar-refractivity contribution is -0.0676. The molecule has 19 heavy (non-hydrogen) atoms. The van der Waals surface area contributed by atoms with Crippen LogP contribution in [0.25, 0.3) is 0 Å². The average Bonchev–Trinajstić information content (AvgIpc) is 2.82. The molecule has 1 heterocycles. The minimum absolute atomic E-state index is 0.0186. The number of para-hydroxylation sites is 1. The summed E-state index contributed by atoms with van der Waals surface area (Å²) in [6.45, 7) is 2.01. The van der Waals surface area contributed by atoms with Gasteiger partial charge in [-0.2, -0.15) is 0 Å². The van der Waals surface area contributed by atoms with Gasteiger partial charge in [-0.25, -0.2) is 0 Å². The molecule has 3 atom stereocenters. The summed E-state index contributed by atoms with van der Waals surface area (Å²) < 4.78 is 11.9. The van der Waals surface area contributed by atoms with Crippen LogP contribution in [0.2, 0.25) is 0 Å². The lowest BCUT2D eigenvalue weighted by Crippen LogP contribution is -2.12. The van der Waals surface area contributed by atoms with E-state index < -0.39 is 0 Å². The summed E-state index contributed by atoms with van der Waals surface area (Å²) in [5.74, 6) is 0. The quantitative estimate of drug-likeness (QED) is 0.836. The third-order valence-corrected chi connectivity index (χ3v) is 3.41. The molecule has 1 unspecified atom stereocenters. The van der Waals surface area contributed by atoms with Gasteiger partial charge in [0.25, 0.3) is 0 Å². The van der Waals surface area contributed by atoms with Crippen LogP contribution in [0.4, 0.5) is 5.69 Å². The number of rotatable bonds is 2. The van der Waals surface area contributed by atoms with E-state index in [1.807, 2.05) is 61.5 Å². The number of nitrogens with two attached hydrogens (primary N) is 1. The first kappa shape index (κ1) is 12.2. The smallest absolute Gasteiger partial charge is 0.185 e. The summed E-state index contributed by atoms with van der Waals surface area (Å²) in [5, 5.41) is 0. The summed E-state index contributed by atoms with van der Waals surface area (Å²) in [6.07, 6.45) is -0.456. The molecule has 0 aromatic heterocycles. The molecule has 1 fully saturated rings.